The van der Waals surface area contributed by atoms with Gasteiger partial charge in [0.15, 0.2) is 0 Å². The predicted octanol–water partition coefficient (Wildman–Crippen LogP) is 5.42. The molecule has 1 aliphatic carbocycles. The van der Waals surface area contributed by atoms with E-state index in [4.69, 9.17) is 4.74 Å². The molecule has 0 unspecified atom stereocenters. The van der Waals surface area contributed by atoms with Gasteiger partial charge in [-0.3, -0.25) is 4.79 Å². The van der Waals surface area contributed by atoms with E-state index < -0.39 is 6.04 Å². The van der Waals surface area contributed by atoms with Crippen LogP contribution in [0, 0.1) is 26.2 Å². The minimum Gasteiger partial charge on any atom is -0.459 e. The number of rotatable bonds is 6. The third kappa shape index (κ3) is 5.10. The first-order valence-electron chi connectivity index (χ1n) is 10.9. The normalized spacial score (nSPS) is 16.5. The van der Waals surface area contributed by atoms with Crippen molar-refractivity contribution in [3.8, 4) is 0 Å². The van der Waals surface area contributed by atoms with E-state index in [0.29, 0.717) is 5.56 Å². The van der Waals surface area contributed by atoms with Gasteiger partial charge < -0.3 is 10.1 Å². The lowest BCUT2D eigenvalue weighted by Gasteiger charge is -2.39. The molecule has 1 aliphatic rings. The third-order valence-electron chi connectivity index (χ3n) is 6.44. The molecular weight excluding hydrogens is 374 g/mol. The minimum atomic E-state index is -0.656. The smallest absolute Gasteiger partial charge is 0.329 e. The number of benzene rings is 2. The Balaban J connectivity index is 1.79. The zero-order valence-electron chi connectivity index (χ0n) is 18.6. The average molecular weight is 408 g/mol. The Bertz CT molecular complexity index is 875. The van der Waals surface area contributed by atoms with Gasteiger partial charge in [-0.2, -0.15) is 0 Å². The maximum Gasteiger partial charge on any atom is 0.329 e. The topological polar surface area (TPSA) is 55.4 Å². The summed E-state index contributed by atoms with van der Waals surface area (Å²) in [5.41, 5.74) is 4.73. The number of carbonyl (C=O) groups is 2. The molecule has 1 fully saturated rings. The fraction of sp³-hybridized carbons (Fsp3) is 0.462. The van der Waals surface area contributed by atoms with Crippen LogP contribution < -0.4 is 5.32 Å². The summed E-state index contributed by atoms with van der Waals surface area (Å²) in [6.07, 6.45) is 5.12. The molecule has 1 atom stereocenters. The van der Waals surface area contributed by atoms with Gasteiger partial charge in [0.05, 0.1) is 0 Å². The van der Waals surface area contributed by atoms with E-state index in [2.05, 4.69) is 31.3 Å². The fourth-order valence-corrected chi connectivity index (χ4v) is 4.63. The molecule has 3 rings (SSSR count). The molecule has 0 saturated heterocycles. The summed E-state index contributed by atoms with van der Waals surface area (Å²) in [4.78, 5) is 26.1. The molecule has 0 bridgehead atoms. The minimum absolute atomic E-state index is 0.227. The lowest BCUT2D eigenvalue weighted by molar-refractivity contribution is -0.151. The van der Waals surface area contributed by atoms with Gasteiger partial charge in [0, 0.05) is 5.56 Å². The molecular formula is C26H33NO3. The Morgan fingerprint density at radius 3 is 2.20 bits per heavy atom. The second-order valence-corrected chi connectivity index (χ2v) is 8.97. The molecule has 2 aromatic rings. The first-order valence-corrected chi connectivity index (χ1v) is 10.9. The SMILES string of the molecule is Cc1cc(C)c(COC(=O)[C@@H](NC(=O)c2ccccc2)C2(C)CCCCC2)c(C)c1. The van der Waals surface area contributed by atoms with Gasteiger partial charge >= 0.3 is 5.97 Å². The number of aryl methyl sites for hydroxylation is 3. The standard InChI is InChI=1S/C26H33NO3/c1-18-15-19(2)22(20(3)16-18)17-30-25(29)23(26(4)13-9-6-10-14-26)27-24(28)21-11-7-5-8-12-21/h5,7-8,11-12,15-16,23H,6,9-10,13-14,17H2,1-4H3,(H,27,28)/t23-/m1/s1. The highest BCUT2D eigenvalue weighted by Gasteiger charge is 2.42. The molecule has 0 aromatic heterocycles. The Morgan fingerprint density at radius 1 is 1.00 bits per heavy atom. The van der Waals surface area contributed by atoms with Crippen molar-refractivity contribution in [2.75, 3.05) is 0 Å². The van der Waals surface area contributed by atoms with E-state index in [1.165, 1.54) is 12.0 Å². The number of hydrogen-bond acceptors (Lipinski definition) is 3. The van der Waals surface area contributed by atoms with E-state index in [1.54, 1.807) is 12.1 Å². The summed E-state index contributed by atoms with van der Waals surface area (Å²) in [5.74, 6) is -0.574. The molecule has 160 valence electrons. The lowest BCUT2D eigenvalue weighted by Crippen LogP contribution is -2.52. The molecule has 2 aromatic carbocycles. The van der Waals surface area contributed by atoms with Crippen molar-refractivity contribution in [1.82, 2.24) is 5.32 Å². The molecule has 1 N–H and O–H groups in total. The summed E-state index contributed by atoms with van der Waals surface area (Å²) in [6.45, 7) is 8.48. The van der Waals surface area contributed by atoms with E-state index in [0.717, 1.165) is 42.4 Å². The Kier molecular flexibility index (Phi) is 6.96. The highest BCUT2D eigenvalue weighted by atomic mass is 16.5. The van der Waals surface area contributed by atoms with Gasteiger partial charge in [-0.05, 0) is 67.9 Å². The van der Waals surface area contributed by atoms with Gasteiger partial charge in [0.2, 0.25) is 0 Å². The largest absolute Gasteiger partial charge is 0.459 e. The molecule has 0 heterocycles. The van der Waals surface area contributed by atoms with Gasteiger partial charge in [0.1, 0.15) is 12.6 Å². The average Bonchev–Trinajstić information content (AvgIpc) is 2.72. The van der Waals surface area contributed by atoms with Gasteiger partial charge in [0.25, 0.3) is 5.91 Å². The molecule has 0 spiro atoms. The Hall–Kier alpha value is -2.62. The second-order valence-electron chi connectivity index (χ2n) is 8.97. The van der Waals surface area contributed by atoms with Crippen LogP contribution in [0.5, 0.6) is 0 Å². The van der Waals surface area contributed by atoms with Crippen LogP contribution in [0.3, 0.4) is 0 Å². The molecule has 30 heavy (non-hydrogen) atoms. The number of nitrogens with one attached hydrogen (secondary N) is 1. The van der Waals surface area contributed by atoms with Gasteiger partial charge in [-0.25, -0.2) is 4.79 Å². The van der Waals surface area contributed by atoms with Crippen LogP contribution in [0.25, 0.3) is 0 Å². The van der Waals surface area contributed by atoms with Crippen LogP contribution in [0.1, 0.15) is 71.6 Å². The fourth-order valence-electron chi connectivity index (χ4n) is 4.63. The van der Waals surface area contributed by atoms with Gasteiger partial charge in [-0.15, -0.1) is 0 Å². The number of ether oxygens (including phenoxy) is 1. The van der Waals surface area contributed by atoms with Crippen LogP contribution in [0.2, 0.25) is 0 Å². The van der Waals surface area contributed by atoms with Crippen molar-refractivity contribution in [3.63, 3.8) is 0 Å². The first kappa shape index (κ1) is 22.1. The first-order chi connectivity index (χ1) is 14.3. The zero-order chi connectivity index (χ0) is 21.7. The van der Waals surface area contributed by atoms with E-state index in [-0.39, 0.29) is 23.9 Å². The van der Waals surface area contributed by atoms with E-state index >= 15 is 0 Å². The Labute approximate surface area is 180 Å². The summed E-state index contributed by atoms with van der Waals surface area (Å²) < 4.78 is 5.79. The molecule has 4 nitrogen and oxygen atoms in total. The predicted molar refractivity (Wildman–Crippen MR) is 119 cm³/mol. The molecule has 1 saturated carbocycles. The molecule has 0 radical (unpaired) electrons. The van der Waals surface area contributed by atoms with Crippen molar-refractivity contribution in [1.29, 1.82) is 0 Å². The van der Waals surface area contributed by atoms with Crippen molar-refractivity contribution in [3.05, 3.63) is 70.3 Å². The Morgan fingerprint density at radius 2 is 1.60 bits per heavy atom. The summed E-state index contributed by atoms with van der Waals surface area (Å²) in [5, 5.41) is 3.00. The number of amides is 1. The number of carbonyl (C=O) groups excluding carboxylic acids is 2. The lowest BCUT2D eigenvalue weighted by atomic mass is 9.70. The van der Waals surface area contributed by atoms with Crippen LogP contribution in [-0.2, 0) is 16.1 Å². The van der Waals surface area contributed by atoms with Crippen LogP contribution in [0.4, 0.5) is 0 Å². The highest BCUT2D eigenvalue weighted by molar-refractivity contribution is 5.97. The summed E-state index contributed by atoms with van der Waals surface area (Å²) in [7, 11) is 0. The maximum absolute atomic E-state index is 13.2. The third-order valence-corrected chi connectivity index (χ3v) is 6.44. The summed E-state index contributed by atoms with van der Waals surface area (Å²) >= 11 is 0. The monoisotopic (exact) mass is 407 g/mol. The van der Waals surface area contributed by atoms with Crippen LogP contribution >= 0.6 is 0 Å². The summed E-state index contributed by atoms with van der Waals surface area (Å²) in [6, 6.07) is 12.6. The van der Waals surface area contributed by atoms with Crippen LogP contribution in [0.15, 0.2) is 42.5 Å². The number of hydrogen-bond donors (Lipinski definition) is 1. The quantitative estimate of drug-likeness (QED) is 0.650. The van der Waals surface area contributed by atoms with Crippen molar-refractivity contribution in [2.45, 2.75) is 72.4 Å². The number of esters is 1. The van der Waals surface area contributed by atoms with Crippen LogP contribution in [-0.4, -0.2) is 17.9 Å². The van der Waals surface area contributed by atoms with Crippen molar-refractivity contribution < 1.29 is 14.3 Å². The molecule has 0 aliphatic heterocycles. The van der Waals surface area contributed by atoms with E-state index in [1.807, 2.05) is 32.0 Å². The van der Waals surface area contributed by atoms with E-state index in [9.17, 15) is 9.59 Å². The highest BCUT2D eigenvalue weighted by Crippen LogP contribution is 2.39. The maximum atomic E-state index is 13.2. The van der Waals surface area contributed by atoms with Crippen molar-refractivity contribution >= 4 is 11.9 Å². The zero-order valence-corrected chi connectivity index (χ0v) is 18.6. The van der Waals surface area contributed by atoms with Gasteiger partial charge in [-0.1, -0.05) is 62.1 Å². The molecule has 1 amide bonds. The molecule has 4 heteroatoms. The second kappa shape index (κ2) is 9.46. The van der Waals surface area contributed by atoms with Crippen molar-refractivity contribution in [2.24, 2.45) is 5.41 Å².